The third kappa shape index (κ3) is 8.85. The van der Waals surface area contributed by atoms with Crippen molar-refractivity contribution in [3.63, 3.8) is 0 Å². The van der Waals surface area contributed by atoms with Gasteiger partial charge in [0.15, 0.2) is 17.3 Å². The average Bonchev–Trinajstić information content (AvgIpc) is 2.99. The molecular formula is C32H41ClFN5O6. The zero-order chi connectivity index (χ0) is 32.7. The largest absolute Gasteiger partial charge is 0.493 e. The van der Waals surface area contributed by atoms with Gasteiger partial charge in [-0.1, -0.05) is 17.7 Å². The monoisotopic (exact) mass is 645 g/mol. The normalized spacial score (nSPS) is 17.4. The highest BCUT2D eigenvalue weighted by Crippen LogP contribution is 2.38. The van der Waals surface area contributed by atoms with E-state index in [1.807, 2.05) is 11.9 Å². The summed E-state index contributed by atoms with van der Waals surface area (Å²) in [5.41, 5.74) is 0.184. The van der Waals surface area contributed by atoms with Gasteiger partial charge in [-0.25, -0.2) is 19.2 Å². The van der Waals surface area contributed by atoms with Crippen LogP contribution in [0, 0.1) is 11.7 Å². The van der Waals surface area contributed by atoms with Crippen LogP contribution in [0.25, 0.3) is 10.9 Å². The van der Waals surface area contributed by atoms with Gasteiger partial charge in [0.1, 0.15) is 23.8 Å². The van der Waals surface area contributed by atoms with E-state index in [0.29, 0.717) is 54.2 Å². The van der Waals surface area contributed by atoms with E-state index in [2.05, 4.69) is 20.6 Å². The van der Waals surface area contributed by atoms with Crippen LogP contribution in [0.2, 0.25) is 5.02 Å². The molecule has 1 aliphatic rings. The molecule has 0 radical (unpaired) electrons. The number of halogens is 2. The number of nitrogens with zero attached hydrogens (tertiary/aromatic N) is 3. The number of hydrogen-bond donors (Lipinski definition) is 2. The smallest absolute Gasteiger partial charge is 0.407 e. The molecular weight excluding hydrogens is 605 g/mol. The summed E-state index contributed by atoms with van der Waals surface area (Å²) in [4.78, 5) is 35.5. The number of nitrogens with one attached hydrogen (secondary N) is 2. The fourth-order valence-corrected chi connectivity index (χ4v) is 5.66. The van der Waals surface area contributed by atoms with Gasteiger partial charge in [0, 0.05) is 24.5 Å². The lowest BCUT2D eigenvalue weighted by Crippen LogP contribution is -2.49. The van der Waals surface area contributed by atoms with E-state index in [-0.39, 0.29) is 28.7 Å². The van der Waals surface area contributed by atoms with Gasteiger partial charge in [-0.05, 0) is 77.6 Å². The molecule has 0 bridgehead atoms. The van der Waals surface area contributed by atoms with Gasteiger partial charge in [0.05, 0.1) is 36.6 Å². The lowest BCUT2D eigenvalue weighted by Gasteiger charge is -2.37. The molecule has 4 rings (SSSR count). The van der Waals surface area contributed by atoms with Crippen LogP contribution in [0.4, 0.5) is 20.7 Å². The Kier molecular flexibility index (Phi) is 11.3. The summed E-state index contributed by atoms with van der Waals surface area (Å²) in [6.07, 6.45) is 3.62. The number of aromatic nitrogens is 2. The minimum absolute atomic E-state index is 0.00208. The predicted octanol–water partition coefficient (Wildman–Crippen LogP) is 6.11. The molecule has 2 N–H and O–H groups in total. The fourth-order valence-electron chi connectivity index (χ4n) is 5.49. The molecule has 1 aromatic heterocycles. The van der Waals surface area contributed by atoms with Crippen LogP contribution >= 0.6 is 11.6 Å². The fraction of sp³-hybridized carbons (Fsp3) is 0.500. The van der Waals surface area contributed by atoms with E-state index < -0.39 is 23.6 Å². The highest BCUT2D eigenvalue weighted by molar-refractivity contribution is 6.31. The number of benzene rings is 2. The Hall–Kier alpha value is -3.90. The van der Waals surface area contributed by atoms with E-state index in [1.54, 1.807) is 52.1 Å². The third-order valence-corrected chi connectivity index (χ3v) is 7.93. The summed E-state index contributed by atoms with van der Waals surface area (Å²) >= 11 is 5.96. The van der Waals surface area contributed by atoms with Crippen LogP contribution in [0.1, 0.15) is 46.5 Å². The molecule has 45 heavy (non-hydrogen) atoms. The lowest BCUT2D eigenvalue weighted by molar-refractivity contribution is -0.149. The number of ether oxygens (including phenoxy) is 4. The third-order valence-electron chi connectivity index (χ3n) is 7.63. The second kappa shape index (κ2) is 14.9. The van der Waals surface area contributed by atoms with Gasteiger partial charge in [-0.2, -0.15) is 0 Å². The van der Waals surface area contributed by atoms with Gasteiger partial charge in [0.2, 0.25) is 0 Å². The molecule has 1 saturated carbocycles. The number of alkyl carbamates (subject to hydrolysis) is 1. The van der Waals surface area contributed by atoms with Crippen molar-refractivity contribution in [3.8, 4) is 11.5 Å². The van der Waals surface area contributed by atoms with Crippen molar-refractivity contribution in [2.45, 2.75) is 64.2 Å². The van der Waals surface area contributed by atoms with E-state index in [9.17, 15) is 14.0 Å². The first-order valence-electron chi connectivity index (χ1n) is 14.9. The molecule has 3 aromatic rings. The lowest BCUT2D eigenvalue weighted by atomic mass is 9.82. The Labute approximate surface area is 267 Å². The molecule has 1 atom stereocenters. The maximum absolute atomic E-state index is 14.6. The maximum atomic E-state index is 14.6. The maximum Gasteiger partial charge on any atom is 0.407 e. The van der Waals surface area contributed by atoms with Crippen molar-refractivity contribution in [2.24, 2.45) is 5.92 Å². The van der Waals surface area contributed by atoms with Gasteiger partial charge in [-0.15, -0.1) is 0 Å². The summed E-state index contributed by atoms with van der Waals surface area (Å²) in [7, 11) is 4.79. The Morgan fingerprint density at radius 2 is 1.84 bits per heavy atom. The minimum atomic E-state index is -0.592. The summed E-state index contributed by atoms with van der Waals surface area (Å²) in [6, 6.07) is 7.77. The van der Waals surface area contributed by atoms with Crippen LogP contribution < -0.4 is 20.1 Å². The Bertz CT molecular complexity index is 1490. The SMILES string of the molecule is COC(=O)[C@H](C1CCC(Oc2cc3c(Nc4cccc(Cl)c4F)ncnc3cc2OC)CC1)N(C)CCNC(=O)OC(C)(C)C. The van der Waals surface area contributed by atoms with E-state index in [1.165, 1.54) is 19.5 Å². The Balaban J connectivity index is 1.43. The van der Waals surface area contributed by atoms with Crippen LogP contribution in [-0.2, 0) is 14.3 Å². The zero-order valence-corrected chi connectivity index (χ0v) is 27.2. The van der Waals surface area contributed by atoms with Crippen molar-refractivity contribution < 1.29 is 32.9 Å². The number of likely N-dealkylation sites (N-methyl/N-ethyl adjacent to an activating group) is 1. The number of anilines is 2. The molecule has 1 aliphatic carbocycles. The second-order valence-corrected chi connectivity index (χ2v) is 12.4. The van der Waals surface area contributed by atoms with Crippen molar-refractivity contribution in [3.05, 3.63) is 47.5 Å². The van der Waals surface area contributed by atoms with Gasteiger partial charge in [0.25, 0.3) is 0 Å². The van der Waals surface area contributed by atoms with Crippen LogP contribution in [0.5, 0.6) is 11.5 Å². The molecule has 0 spiro atoms. The second-order valence-electron chi connectivity index (χ2n) is 12.0. The molecule has 1 amide bonds. The number of amides is 1. The topological polar surface area (TPSA) is 124 Å². The van der Waals surface area contributed by atoms with Crippen LogP contribution in [-0.4, -0.2) is 79.0 Å². The number of carbonyl (C=O) groups excluding carboxylic acids is 2. The molecule has 0 aliphatic heterocycles. The first-order chi connectivity index (χ1) is 21.4. The highest BCUT2D eigenvalue weighted by atomic mass is 35.5. The van der Waals surface area contributed by atoms with Crippen LogP contribution in [0.3, 0.4) is 0 Å². The summed E-state index contributed by atoms with van der Waals surface area (Å²) in [5.74, 6) is 0.552. The Morgan fingerprint density at radius 1 is 1.11 bits per heavy atom. The van der Waals surface area contributed by atoms with Crippen molar-refractivity contribution in [1.29, 1.82) is 0 Å². The molecule has 13 heteroatoms. The van der Waals surface area contributed by atoms with E-state index in [0.717, 1.165) is 12.8 Å². The predicted molar refractivity (Wildman–Crippen MR) is 170 cm³/mol. The molecule has 0 saturated heterocycles. The standard InChI is InChI=1S/C32H41ClFN5O6/c1-32(2,3)45-31(41)35-14-15-39(4)28(30(40)43-6)19-10-12-20(13-11-19)44-26-16-21-24(17-25(26)42-5)36-18-37-29(21)38-23-9-7-8-22(33)27(23)34/h7-9,16-20,28H,10-15H2,1-6H3,(H,35,41)(H,36,37,38)/t19?,20?,28-/m0/s1. The first kappa shape index (κ1) is 34.0. The number of methoxy groups -OCH3 is 2. The quantitative estimate of drug-likeness (QED) is 0.236. The van der Waals surface area contributed by atoms with Crippen LogP contribution in [0.15, 0.2) is 36.7 Å². The summed E-state index contributed by atoms with van der Waals surface area (Å²) < 4.78 is 37.1. The molecule has 2 aromatic carbocycles. The average molecular weight is 646 g/mol. The molecule has 1 fully saturated rings. The van der Waals surface area contributed by atoms with Crippen molar-refractivity contribution in [2.75, 3.05) is 39.7 Å². The number of fused-ring (bicyclic) bond motifs is 1. The number of carbonyl (C=O) groups is 2. The van der Waals surface area contributed by atoms with Gasteiger partial charge >= 0.3 is 12.1 Å². The van der Waals surface area contributed by atoms with Gasteiger partial charge in [-0.3, -0.25) is 9.69 Å². The first-order valence-corrected chi connectivity index (χ1v) is 15.2. The molecule has 1 heterocycles. The highest BCUT2D eigenvalue weighted by Gasteiger charge is 2.36. The van der Waals surface area contributed by atoms with E-state index >= 15 is 0 Å². The Morgan fingerprint density at radius 3 is 2.51 bits per heavy atom. The molecule has 0 unspecified atom stereocenters. The minimum Gasteiger partial charge on any atom is -0.493 e. The van der Waals surface area contributed by atoms with E-state index in [4.69, 9.17) is 30.5 Å². The van der Waals surface area contributed by atoms with Gasteiger partial charge < -0.3 is 29.6 Å². The number of esters is 1. The zero-order valence-electron chi connectivity index (χ0n) is 26.5. The summed E-state index contributed by atoms with van der Waals surface area (Å²) in [6.45, 7) is 6.17. The summed E-state index contributed by atoms with van der Waals surface area (Å²) in [5, 5.41) is 6.37. The molecule has 244 valence electrons. The van der Waals surface area contributed by atoms with Crippen molar-refractivity contribution in [1.82, 2.24) is 20.2 Å². The number of rotatable bonds is 11. The van der Waals surface area contributed by atoms with Crippen molar-refractivity contribution >= 4 is 46.1 Å². The molecule has 11 nitrogen and oxygen atoms in total. The number of hydrogen-bond acceptors (Lipinski definition) is 10.